The molecule has 3 N–H and O–H groups in total. The van der Waals surface area contributed by atoms with Gasteiger partial charge in [0.05, 0.1) is 11.2 Å². The molecule has 2 aromatic carbocycles. The van der Waals surface area contributed by atoms with Gasteiger partial charge >= 0.3 is 0 Å². The Balaban J connectivity index is 1.22. The molecule has 0 spiro atoms. The molecule has 9 nitrogen and oxygen atoms in total. The molecule has 6 rings (SSSR count). The van der Waals surface area contributed by atoms with Crippen LogP contribution in [0.1, 0.15) is 33.6 Å². The third-order valence-electron chi connectivity index (χ3n) is 6.64. The molecule has 1 saturated carbocycles. The molecule has 1 saturated heterocycles. The molecule has 4 aromatic rings. The van der Waals surface area contributed by atoms with Crippen LogP contribution in [0.15, 0.2) is 67.0 Å². The van der Waals surface area contributed by atoms with Crippen molar-refractivity contribution < 1.29 is 9.59 Å². The van der Waals surface area contributed by atoms with Crippen molar-refractivity contribution in [2.75, 3.05) is 31.5 Å². The number of hydrogen-bond acceptors (Lipinski definition) is 7. The van der Waals surface area contributed by atoms with Crippen LogP contribution in [0, 0.1) is 0 Å². The number of fused-ring (bicyclic) bond motifs is 1. The third-order valence-corrected chi connectivity index (χ3v) is 6.64. The molecule has 3 heterocycles. The predicted octanol–water partition coefficient (Wildman–Crippen LogP) is 3.37. The number of carbonyl (C=O) groups is 2. The second kappa shape index (κ2) is 9.94. The summed E-state index contributed by atoms with van der Waals surface area (Å²) >= 11 is 0. The zero-order valence-corrected chi connectivity index (χ0v) is 20.3. The lowest BCUT2D eigenvalue weighted by Crippen LogP contribution is -2.46. The second-order valence-corrected chi connectivity index (χ2v) is 9.36. The SMILES string of the molecule is O=C(NC1CC1)c1ccc(Nc2ncnc3ccc(-c4ccc(C(=O)N5CCNCC5)cc4)nc23)cc1. The molecule has 0 radical (unpaired) electrons. The number of rotatable bonds is 6. The first-order chi connectivity index (χ1) is 18.1. The van der Waals surface area contributed by atoms with Crippen LogP contribution in [0.3, 0.4) is 0 Å². The summed E-state index contributed by atoms with van der Waals surface area (Å²) in [5, 5.41) is 9.57. The zero-order chi connectivity index (χ0) is 25.2. The van der Waals surface area contributed by atoms with Gasteiger partial charge in [0.25, 0.3) is 11.8 Å². The van der Waals surface area contributed by atoms with Gasteiger partial charge < -0.3 is 20.9 Å². The maximum atomic E-state index is 12.8. The summed E-state index contributed by atoms with van der Waals surface area (Å²) < 4.78 is 0. The molecule has 2 fully saturated rings. The predicted molar refractivity (Wildman–Crippen MR) is 142 cm³/mol. The van der Waals surface area contributed by atoms with Gasteiger partial charge in [-0.1, -0.05) is 12.1 Å². The highest BCUT2D eigenvalue weighted by Crippen LogP contribution is 2.26. The van der Waals surface area contributed by atoms with E-state index in [-0.39, 0.29) is 11.8 Å². The Labute approximate surface area is 214 Å². The first-order valence-corrected chi connectivity index (χ1v) is 12.5. The van der Waals surface area contributed by atoms with E-state index < -0.39 is 0 Å². The van der Waals surface area contributed by atoms with E-state index in [1.807, 2.05) is 53.4 Å². The monoisotopic (exact) mass is 493 g/mol. The lowest BCUT2D eigenvalue weighted by molar-refractivity contribution is 0.0735. The average Bonchev–Trinajstić information content (AvgIpc) is 3.77. The van der Waals surface area contributed by atoms with Gasteiger partial charge in [-0.3, -0.25) is 9.59 Å². The van der Waals surface area contributed by atoms with Crippen LogP contribution in [0.4, 0.5) is 11.5 Å². The molecule has 37 heavy (non-hydrogen) atoms. The minimum atomic E-state index is -0.0477. The summed E-state index contributed by atoms with van der Waals surface area (Å²) in [4.78, 5) is 40.5. The summed E-state index contributed by atoms with van der Waals surface area (Å²) in [5.41, 5.74) is 5.11. The van der Waals surface area contributed by atoms with Crippen molar-refractivity contribution in [1.29, 1.82) is 0 Å². The Morgan fingerprint density at radius 3 is 2.32 bits per heavy atom. The van der Waals surface area contributed by atoms with Crippen molar-refractivity contribution >= 4 is 34.4 Å². The average molecular weight is 494 g/mol. The van der Waals surface area contributed by atoms with E-state index in [1.165, 1.54) is 6.33 Å². The molecular weight excluding hydrogens is 466 g/mol. The van der Waals surface area contributed by atoms with Gasteiger partial charge in [-0.25, -0.2) is 15.0 Å². The smallest absolute Gasteiger partial charge is 0.253 e. The lowest BCUT2D eigenvalue weighted by atomic mass is 10.1. The lowest BCUT2D eigenvalue weighted by Gasteiger charge is -2.27. The van der Waals surface area contributed by atoms with Crippen LogP contribution < -0.4 is 16.0 Å². The zero-order valence-electron chi connectivity index (χ0n) is 20.3. The molecule has 2 aromatic heterocycles. The number of nitrogens with zero attached hydrogens (tertiary/aromatic N) is 4. The Hall–Kier alpha value is -4.37. The fourth-order valence-electron chi connectivity index (χ4n) is 4.36. The quantitative estimate of drug-likeness (QED) is 0.378. The van der Waals surface area contributed by atoms with Crippen LogP contribution in [0.2, 0.25) is 0 Å². The Kier molecular flexibility index (Phi) is 6.20. The van der Waals surface area contributed by atoms with Crippen LogP contribution in [-0.2, 0) is 0 Å². The van der Waals surface area contributed by atoms with E-state index in [0.717, 1.165) is 56.0 Å². The largest absolute Gasteiger partial charge is 0.349 e. The van der Waals surface area contributed by atoms with Crippen LogP contribution in [0.5, 0.6) is 0 Å². The molecule has 2 amide bonds. The highest BCUT2D eigenvalue weighted by molar-refractivity contribution is 5.96. The number of anilines is 2. The molecular formula is C28H27N7O2. The van der Waals surface area contributed by atoms with Crippen molar-refractivity contribution in [2.45, 2.75) is 18.9 Å². The summed E-state index contributed by atoms with van der Waals surface area (Å²) in [6.45, 7) is 3.09. The van der Waals surface area contributed by atoms with Crippen molar-refractivity contribution in [3.05, 3.63) is 78.1 Å². The molecule has 0 bridgehead atoms. The Bertz CT molecular complexity index is 1440. The minimum absolute atomic E-state index is 0.0477. The fraction of sp³-hybridized carbons (Fsp3) is 0.250. The van der Waals surface area contributed by atoms with E-state index in [2.05, 4.69) is 25.9 Å². The van der Waals surface area contributed by atoms with E-state index in [0.29, 0.717) is 34.0 Å². The number of amides is 2. The van der Waals surface area contributed by atoms with Crippen molar-refractivity contribution in [3.63, 3.8) is 0 Å². The first-order valence-electron chi connectivity index (χ1n) is 12.5. The second-order valence-electron chi connectivity index (χ2n) is 9.36. The highest BCUT2D eigenvalue weighted by Gasteiger charge is 2.23. The van der Waals surface area contributed by atoms with Crippen molar-refractivity contribution in [1.82, 2.24) is 30.5 Å². The van der Waals surface area contributed by atoms with E-state index in [9.17, 15) is 9.59 Å². The molecule has 186 valence electrons. The van der Waals surface area contributed by atoms with E-state index in [1.54, 1.807) is 12.1 Å². The summed E-state index contributed by atoms with van der Waals surface area (Å²) in [6, 6.07) is 19.0. The molecule has 1 aliphatic carbocycles. The number of nitrogens with one attached hydrogen (secondary N) is 3. The van der Waals surface area contributed by atoms with Crippen LogP contribution in [0.25, 0.3) is 22.3 Å². The summed E-state index contributed by atoms with van der Waals surface area (Å²) in [7, 11) is 0. The van der Waals surface area contributed by atoms with Gasteiger partial charge in [0.2, 0.25) is 0 Å². The van der Waals surface area contributed by atoms with E-state index >= 15 is 0 Å². The van der Waals surface area contributed by atoms with Crippen LogP contribution in [-0.4, -0.2) is 63.9 Å². The van der Waals surface area contributed by atoms with Gasteiger partial charge in [-0.15, -0.1) is 0 Å². The summed E-state index contributed by atoms with van der Waals surface area (Å²) in [6.07, 6.45) is 3.61. The maximum Gasteiger partial charge on any atom is 0.253 e. The number of piperazine rings is 1. The van der Waals surface area contributed by atoms with Gasteiger partial charge in [0.1, 0.15) is 11.8 Å². The highest BCUT2D eigenvalue weighted by atomic mass is 16.2. The molecule has 2 aliphatic rings. The first kappa shape index (κ1) is 23.1. The van der Waals surface area contributed by atoms with Crippen molar-refractivity contribution in [3.8, 4) is 11.3 Å². The van der Waals surface area contributed by atoms with Crippen molar-refractivity contribution in [2.24, 2.45) is 0 Å². The molecule has 9 heteroatoms. The number of pyridine rings is 1. The van der Waals surface area contributed by atoms with Gasteiger partial charge in [-0.2, -0.15) is 0 Å². The third kappa shape index (κ3) is 5.12. The maximum absolute atomic E-state index is 12.8. The van der Waals surface area contributed by atoms with Gasteiger partial charge in [0, 0.05) is 54.6 Å². The molecule has 0 atom stereocenters. The number of hydrogen-bond donors (Lipinski definition) is 3. The number of benzene rings is 2. The Morgan fingerprint density at radius 2 is 1.59 bits per heavy atom. The minimum Gasteiger partial charge on any atom is -0.349 e. The van der Waals surface area contributed by atoms with Crippen LogP contribution >= 0.6 is 0 Å². The molecule has 0 unspecified atom stereocenters. The topological polar surface area (TPSA) is 112 Å². The fourth-order valence-corrected chi connectivity index (χ4v) is 4.36. The Morgan fingerprint density at radius 1 is 0.865 bits per heavy atom. The number of aromatic nitrogens is 3. The van der Waals surface area contributed by atoms with E-state index in [4.69, 9.17) is 4.98 Å². The van der Waals surface area contributed by atoms with Gasteiger partial charge in [0.15, 0.2) is 5.82 Å². The van der Waals surface area contributed by atoms with Gasteiger partial charge in [-0.05, 0) is 61.4 Å². The normalized spacial score (nSPS) is 15.4. The number of carbonyl (C=O) groups excluding carboxylic acids is 2. The summed E-state index contributed by atoms with van der Waals surface area (Å²) in [5.74, 6) is 0.580. The molecule has 1 aliphatic heterocycles. The standard InChI is InChI=1S/C28H27N7O2/c36-27(33-22-9-10-22)19-5-7-21(8-6-19)32-26-25-24(30-17-31-26)12-11-23(34-25)18-1-3-20(4-2-18)28(37)35-15-13-29-14-16-35/h1-8,11-12,17,22,29H,9-10,13-16H2,(H,33,36)(H,30,31,32).